The van der Waals surface area contributed by atoms with E-state index in [0.717, 1.165) is 27.6 Å². The van der Waals surface area contributed by atoms with Crippen molar-refractivity contribution in [2.24, 2.45) is 0 Å². The maximum absolute atomic E-state index is 11.6. The highest BCUT2D eigenvalue weighted by Crippen LogP contribution is 2.36. The molecule has 0 unspecified atom stereocenters. The van der Waals surface area contributed by atoms with Gasteiger partial charge in [0, 0.05) is 28.1 Å². The number of Topliss-reactive ketones (excluding diaryl/α,β-unsaturated/α-hetero) is 1. The number of thiocarbonyl (C=S) groups is 1. The second-order valence-electron chi connectivity index (χ2n) is 6.36. The number of hydrogen-bond donors (Lipinski definition) is 2. The van der Waals surface area contributed by atoms with Gasteiger partial charge in [-0.05, 0) is 43.4 Å². The van der Waals surface area contributed by atoms with Crippen LogP contribution in [0.2, 0.25) is 0 Å². The Balaban J connectivity index is 1.63. The van der Waals surface area contributed by atoms with Gasteiger partial charge in [0.15, 0.2) is 10.9 Å². The number of furan rings is 1. The van der Waals surface area contributed by atoms with E-state index in [9.17, 15) is 4.79 Å². The average Bonchev–Trinajstić information content (AvgIpc) is 3.04. The standard InChI is InChI=1S/C22H18N2O3S/c1-13(25)14-6-5-7-15(10-14)23-22(28)24-18-12-20-17(11-21(18)26-2)16-8-3-4-9-19(16)27-20/h3-12H,1-2H3,(H2,23,24,28). The normalized spacial score (nSPS) is 10.8. The number of anilines is 2. The van der Waals surface area contributed by atoms with Crippen molar-refractivity contribution in [1.29, 1.82) is 0 Å². The molecular formula is C22H18N2O3S. The number of hydrogen-bond acceptors (Lipinski definition) is 4. The van der Waals surface area contributed by atoms with Crippen LogP contribution in [-0.2, 0) is 0 Å². The average molecular weight is 390 g/mol. The van der Waals surface area contributed by atoms with Gasteiger partial charge in [-0.2, -0.15) is 0 Å². The fraction of sp³-hybridized carbons (Fsp3) is 0.0909. The summed E-state index contributed by atoms with van der Waals surface area (Å²) < 4.78 is 11.5. The van der Waals surface area contributed by atoms with Crippen LogP contribution in [0.4, 0.5) is 11.4 Å². The van der Waals surface area contributed by atoms with Crippen molar-refractivity contribution in [2.75, 3.05) is 17.7 Å². The SMILES string of the molecule is COc1cc2c(cc1NC(=S)Nc1cccc(C(C)=O)c1)oc1ccccc12. The number of ether oxygens (including phenoxy) is 1. The summed E-state index contributed by atoms with van der Waals surface area (Å²) in [5.41, 5.74) is 3.60. The molecule has 6 heteroatoms. The highest BCUT2D eigenvalue weighted by atomic mass is 32.1. The second kappa shape index (κ2) is 7.32. The minimum absolute atomic E-state index is 0.000432. The lowest BCUT2D eigenvalue weighted by Crippen LogP contribution is -2.19. The van der Waals surface area contributed by atoms with Crippen molar-refractivity contribution in [3.63, 3.8) is 0 Å². The summed E-state index contributed by atoms with van der Waals surface area (Å²) in [5, 5.41) is 8.63. The van der Waals surface area contributed by atoms with E-state index in [1.807, 2.05) is 48.5 Å². The van der Waals surface area contributed by atoms with Crippen molar-refractivity contribution < 1.29 is 13.9 Å². The summed E-state index contributed by atoms with van der Waals surface area (Å²) in [5.74, 6) is 0.653. The third kappa shape index (κ3) is 3.42. The van der Waals surface area contributed by atoms with Crippen molar-refractivity contribution >= 4 is 56.4 Å². The van der Waals surface area contributed by atoms with Crippen molar-refractivity contribution in [2.45, 2.75) is 6.92 Å². The molecule has 4 rings (SSSR count). The number of fused-ring (bicyclic) bond motifs is 3. The Morgan fingerprint density at radius 3 is 2.57 bits per heavy atom. The number of nitrogens with one attached hydrogen (secondary N) is 2. The van der Waals surface area contributed by atoms with Crippen LogP contribution in [0.15, 0.2) is 65.1 Å². The molecule has 0 atom stereocenters. The van der Waals surface area contributed by atoms with Gasteiger partial charge in [0.1, 0.15) is 16.9 Å². The number of para-hydroxylation sites is 1. The Bertz CT molecular complexity index is 1210. The molecule has 2 N–H and O–H groups in total. The van der Waals surface area contributed by atoms with E-state index in [1.54, 1.807) is 19.2 Å². The van der Waals surface area contributed by atoms with Crippen LogP contribution in [0.1, 0.15) is 17.3 Å². The van der Waals surface area contributed by atoms with Gasteiger partial charge >= 0.3 is 0 Å². The molecule has 5 nitrogen and oxygen atoms in total. The quantitative estimate of drug-likeness (QED) is 0.349. The molecule has 0 aliphatic heterocycles. The summed E-state index contributed by atoms with van der Waals surface area (Å²) in [6, 6.07) is 18.8. The van der Waals surface area contributed by atoms with Crippen LogP contribution in [0.5, 0.6) is 5.75 Å². The van der Waals surface area contributed by atoms with Crippen LogP contribution in [0.3, 0.4) is 0 Å². The topological polar surface area (TPSA) is 63.5 Å². The summed E-state index contributed by atoms with van der Waals surface area (Å²) in [6.07, 6.45) is 0. The molecule has 1 heterocycles. The molecule has 28 heavy (non-hydrogen) atoms. The van der Waals surface area contributed by atoms with E-state index in [-0.39, 0.29) is 5.78 Å². The Hall–Kier alpha value is -3.38. The number of benzene rings is 3. The zero-order valence-corrected chi connectivity index (χ0v) is 16.2. The molecule has 0 aliphatic carbocycles. The van der Waals surface area contributed by atoms with E-state index in [2.05, 4.69) is 10.6 Å². The summed E-state index contributed by atoms with van der Waals surface area (Å²) in [4.78, 5) is 11.6. The van der Waals surface area contributed by atoms with Crippen molar-refractivity contribution in [3.05, 3.63) is 66.2 Å². The molecule has 1 aromatic heterocycles. The lowest BCUT2D eigenvalue weighted by atomic mass is 10.1. The minimum Gasteiger partial charge on any atom is -0.495 e. The Morgan fingerprint density at radius 2 is 1.79 bits per heavy atom. The summed E-state index contributed by atoms with van der Waals surface area (Å²) >= 11 is 5.43. The Labute approximate surface area is 167 Å². The molecule has 0 bridgehead atoms. The second-order valence-corrected chi connectivity index (χ2v) is 6.77. The molecule has 140 valence electrons. The van der Waals surface area contributed by atoms with Gasteiger partial charge in [0.25, 0.3) is 0 Å². The molecule has 0 saturated heterocycles. The largest absolute Gasteiger partial charge is 0.495 e. The van der Waals surface area contributed by atoms with Gasteiger partial charge in [0.2, 0.25) is 0 Å². The van der Waals surface area contributed by atoms with E-state index in [4.69, 9.17) is 21.4 Å². The number of carbonyl (C=O) groups is 1. The monoisotopic (exact) mass is 390 g/mol. The molecule has 0 aliphatic rings. The number of carbonyl (C=O) groups excluding carboxylic acids is 1. The van der Waals surface area contributed by atoms with E-state index in [0.29, 0.717) is 22.1 Å². The van der Waals surface area contributed by atoms with Crippen LogP contribution in [0, 0.1) is 0 Å². The first-order valence-electron chi connectivity index (χ1n) is 8.73. The number of ketones is 1. The van der Waals surface area contributed by atoms with Gasteiger partial charge in [-0.15, -0.1) is 0 Å². The first kappa shape index (κ1) is 18.0. The maximum Gasteiger partial charge on any atom is 0.175 e. The van der Waals surface area contributed by atoms with E-state index < -0.39 is 0 Å². The zero-order valence-electron chi connectivity index (χ0n) is 15.4. The van der Waals surface area contributed by atoms with Gasteiger partial charge in [-0.1, -0.05) is 30.3 Å². The fourth-order valence-corrected chi connectivity index (χ4v) is 3.35. The predicted octanol–water partition coefficient (Wildman–Crippen LogP) is 5.61. The third-order valence-electron chi connectivity index (χ3n) is 4.47. The highest BCUT2D eigenvalue weighted by molar-refractivity contribution is 7.80. The van der Waals surface area contributed by atoms with E-state index in [1.165, 1.54) is 6.92 Å². The van der Waals surface area contributed by atoms with Gasteiger partial charge < -0.3 is 19.8 Å². The van der Waals surface area contributed by atoms with Crippen LogP contribution in [0.25, 0.3) is 21.9 Å². The highest BCUT2D eigenvalue weighted by Gasteiger charge is 2.13. The molecule has 0 spiro atoms. The first-order valence-corrected chi connectivity index (χ1v) is 9.14. The molecule has 3 aromatic carbocycles. The molecule has 0 amide bonds. The molecule has 4 aromatic rings. The third-order valence-corrected chi connectivity index (χ3v) is 4.68. The Morgan fingerprint density at radius 1 is 0.964 bits per heavy atom. The smallest absolute Gasteiger partial charge is 0.175 e. The number of methoxy groups -OCH3 is 1. The summed E-state index contributed by atoms with van der Waals surface area (Å²) in [6.45, 7) is 1.53. The van der Waals surface area contributed by atoms with Gasteiger partial charge in [0.05, 0.1) is 12.8 Å². The minimum atomic E-state index is -0.000432. The molecule has 0 fully saturated rings. The zero-order chi connectivity index (χ0) is 19.7. The molecule has 0 radical (unpaired) electrons. The Kier molecular flexibility index (Phi) is 4.71. The molecule has 0 saturated carbocycles. The van der Waals surface area contributed by atoms with Gasteiger partial charge in [-0.3, -0.25) is 4.79 Å². The lowest BCUT2D eigenvalue weighted by Gasteiger charge is -2.14. The van der Waals surface area contributed by atoms with Gasteiger partial charge in [-0.25, -0.2) is 0 Å². The number of rotatable bonds is 4. The summed E-state index contributed by atoms with van der Waals surface area (Å²) in [7, 11) is 1.61. The maximum atomic E-state index is 11.6. The first-order chi connectivity index (χ1) is 13.5. The van der Waals surface area contributed by atoms with Crippen molar-refractivity contribution in [1.82, 2.24) is 0 Å². The van der Waals surface area contributed by atoms with Crippen molar-refractivity contribution in [3.8, 4) is 5.75 Å². The predicted molar refractivity (Wildman–Crippen MR) is 117 cm³/mol. The molecular weight excluding hydrogens is 372 g/mol. The fourth-order valence-electron chi connectivity index (χ4n) is 3.12. The van der Waals surface area contributed by atoms with Crippen LogP contribution in [-0.4, -0.2) is 18.0 Å². The van der Waals surface area contributed by atoms with E-state index >= 15 is 0 Å². The van der Waals surface area contributed by atoms with Crippen LogP contribution < -0.4 is 15.4 Å². The van der Waals surface area contributed by atoms with Crippen LogP contribution >= 0.6 is 12.2 Å². The lowest BCUT2D eigenvalue weighted by molar-refractivity contribution is 0.101.